The van der Waals surface area contributed by atoms with E-state index in [0.29, 0.717) is 55.7 Å². The molecule has 10 nitrogen and oxygen atoms in total. The van der Waals surface area contributed by atoms with Crippen molar-refractivity contribution < 1.29 is 54.3 Å². The normalized spacial score (nSPS) is 28.3. The van der Waals surface area contributed by atoms with E-state index in [-0.39, 0.29) is 50.9 Å². The molecule has 7 rings (SSSR count). The number of Topliss-reactive ketones (excluding diaryl/α,β-unsaturated/α-hetero) is 1. The Hall–Kier alpha value is -4.34. The Balaban J connectivity index is 1.17. The second-order valence-electron chi connectivity index (χ2n) is 16.3. The number of nitrogens with zero attached hydrogens (tertiary/aromatic N) is 2. The van der Waals surface area contributed by atoms with E-state index in [1.54, 1.807) is 6.07 Å². The van der Waals surface area contributed by atoms with Crippen LogP contribution in [0.5, 0.6) is 0 Å². The number of carbonyl (C=O) groups excluding carboxylic acids is 4. The Bertz CT molecular complexity index is 2070. The Labute approximate surface area is 321 Å². The smallest absolute Gasteiger partial charge is 0.416 e. The maximum absolute atomic E-state index is 14.6. The van der Waals surface area contributed by atoms with Gasteiger partial charge in [-0.05, 0) is 93.2 Å². The van der Waals surface area contributed by atoms with Crippen LogP contribution in [0, 0.1) is 28.9 Å². The summed E-state index contributed by atoms with van der Waals surface area (Å²) < 4.78 is 103. The van der Waals surface area contributed by atoms with E-state index in [9.17, 15) is 49.5 Å². The van der Waals surface area contributed by atoms with Crippen LogP contribution >= 0.6 is 0 Å². The maximum atomic E-state index is 14.6. The molecule has 2 aromatic carbocycles. The van der Waals surface area contributed by atoms with Gasteiger partial charge in [0.05, 0.1) is 34.9 Å². The summed E-state index contributed by atoms with van der Waals surface area (Å²) in [6, 6.07) is 5.40. The standard InChI is InChI=1S/C40H44F5N3O7S/c1-38(12-13-38)56(53,54)46-36(51)39-19-27(39)10-6-4-2-3-5-8-25(14-24-15-28(40(43,44)45)17-29(41)16-24)35(50)48-22-30(18-33(48)34(49)20-39)55-37(52)47-21-26-9-7-11-32(42)31(26)23-47/h6-7,9-11,15-17,25,27,30,33H,2-5,8,12-14,18-23H2,1H3,(H,46,51)/b10-6-/t25-,27-,30-,33+,39-/m1/s1. The monoisotopic (exact) mass is 805 g/mol. The number of alkyl halides is 3. The first-order valence-electron chi connectivity index (χ1n) is 19.0. The SMILES string of the molecule is CC1(S(=O)(=O)NC(=O)[C@]23CC(=O)[C@@H]4C[C@@H](OC(=O)N5Cc6cccc(F)c6C5)CN4C(=O)[C@@H](Cc4cc(F)cc(C(F)(F)F)c4)CCCCC/C=C\[C@@H]2C3)CC1. The second kappa shape index (κ2) is 14.9. The largest absolute Gasteiger partial charge is 0.444 e. The highest BCUT2D eigenvalue weighted by Gasteiger charge is 2.62. The fraction of sp³-hybridized carbons (Fsp3) is 0.550. The van der Waals surface area contributed by atoms with Gasteiger partial charge in [-0.1, -0.05) is 37.1 Å². The number of benzene rings is 2. The van der Waals surface area contributed by atoms with Gasteiger partial charge in [0, 0.05) is 30.9 Å². The van der Waals surface area contributed by atoms with Crippen LogP contribution in [0.2, 0.25) is 0 Å². The average molecular weight is 806 g/mol. The highest BCUT2D eigenvalue weighted by Crippen LogP contribution is 2.57. The highest BCUT2D eigenvalue weighted by molar-refractivity contribution is 7.91. The number of halogens is 5. The summed E-state index contributed by atoms with van der Waals surface area (Å²) in [5.41, 5.74) is -1.71. The minimum absolute atomic E-state index is 0.0515. The third-order valence-corrected chi connectivity index (χ3v) is 14.3. The van der Waals surface area contributed by atoms with Gasteiger partial charge in [0.1, 0.15) is 17.7 Å². The van der Waals surface area contributed by atoms with Gasteiger partial charge >= 0.3 is 12.3 Å². The number of fused-ring (bicyclic) bond motifs is 3. The molecule has 5 atom stereocenters. The number of amides is 3. The number of ether oxygens (including phenoxy) is 1. The first-order chi connectivity index (χ1) is 26.4. The molecule has 3 aliphatic heterocycles. The molecule has 3 heterocycles. The van der Waals surface area contributed by atoms with Gasteiger partial charge in [-0.25, -0.2) is 22.0 Å². The van der Waals surface area contributed by atoms with Crippen LogP contribution in [0.1, 0.15) is 93.4 Å². The van der Waals surface area contributed by atoms with Gasteiger partial charge in [-0.3, -0.25) is 24.0 Å². The number of hydrogen-bond acceptors (Lipinski definition) is 7. The van der Waals surface area contributed by atoms with E-state index < -0.39 is 97.7 Å². The van der Waals surface area contributed by atoms with E-state index in [1.165, 1.54) is 28.9 Å². The van der Waals surface area contributed by atoms with Gasteiger partial charge in [0.25, 0.3) is 0 Å². The van der Waals surface area contributed by atoms with Crippen LogP contribution in [0.25, 0.3) is 0 Å². The van der Waals surface area contributed by atoms with Crippen molar-refractivity contribution in [2.75, 3.05) is 6.54 Å². The zero-order valence-corrected chi connectivity index (χ0v) is 31.7. The van der Waals surface area contributed by atoms with E-state index in [0.717, 1.165) is 12.1 Å². The number of carbonyl (C=O) groups is 4. The molecule has 1 N–H and O–H groups in total. The van der Waals surface area contributed by atoms with Crippen LogP contribution in [-0.2, 0) is 54.8 Å². The predicted molar refractivity (Wildman–Crippen MR) is 192 cm³/mol. The molecule has 0 radical (unpaired) electrons. The molecule has 0 aromatic heterocycles. The first kappa shape index (κ1) is 39.9. The Kier molecular flexibility index (Phi) is 10.6. The minimum atomic E-state index is -4.83. The summed E-state index contributed by atoms with van der Waals surface area (Å²) in [5.74, 6) is -4.98. The van der Waals surface area contributed by atoms with Crippen molar-refractivity contribution in [3.63, 3.8) is 0 Å². The number of sulfonamides is 1. The van der Waals surface area contributed by atoms with Crippen molar-refractivity contribution in [3.8, 4) is 0 Å². The molecule has 56 heavy (non-hydrogen) atoms. The Morgan fingerprint density at radius 3 is 2.52 bits per heavy atom. The molecule has 2 saturated carbocycles. The lowest BCUT2D eigenvalue weighted by Crippen LogP contribution is -2.47. The first-order valence-corrected chi connectivity index (χ1v) is 20.5. The summed E-state index contributed by atoms with van der Waals surface area (Å²) in [4.78, 5) is 58.8. The second-order valence-corrected chi connectivity index (χ2v) is 18.5. The van der Waals surface area contributed by atoms with Crippen molar-refractivity contribution in [3.05, 3.63) is 82.4 Å². The van der Waals surface area contributed by atoms with E-state index >= 15 is 0 Å². The third kappa shape index (κ3) is 8.08. The number of hydrogen-bond donors (Lipinski definition) is 1. The fourth-order valence-corrected chi connectivity index (χ4v) is 9.70. The molecule has 1 saturated heterocycles. The molecule has 0 unspecified atom stereocenters. The van der Waals surface area contributed by atoms with Gasteiger partial charge < -0.3 is 9.64 Å². The van der Waals surface area contributed by atoms with Crippen molar-refractivity contribution in [2.24, 2.45) is 17.3 Å². The Morgan fingerprint density at radius 2 is 1.80 bits per heavy atom. The predicted octanol–water partition coefficient (Wildman–Crippen LogP) is 6.75. The zero-order chi connectivity index (χ0) is 40.2. The van der Waals surface area contributed by atoms with Crippen molar-refractivity contribution >= 4 is 33.7 Å². The van der Waals surface area contributed by atoms with Gasteiger partial charge in [0.15, 0.2) is 5.78 Å². The minimum Gasteiger partial charge on any atom is -0.444 e. The van der Waals surface area contributed by atoms with Gasteiger partial charge in [-0.15, -0.1) is 0 Å². The summed E-state index contributed by atoms with van der Waals surface area (Å²) in [5, 5.41) is 0. The van der Waals surface area contributed by atoms with Crippen molar-refractivity contribution in [1.82, 2.24) is 14.5 Å². The third-order valence-electron chi connectivity index (χ3n) is 12.2. The molecule has 3 amide bonds. The summed E-state index contributed by atoms with van der Waals surface area (Å²) in [7, 11) is -4.04. The van der Waals surface area contributed by atoms with Crippen molar-refractivity contribution in [1.29, 1.82) is 0 Å². The molecule has 5 aliphatic rings. The van der Waals surface area contributed by atoms with E-state index in [2.05, 4.69) is 4.72 Å². The van der Waals surface area contributed by atoms with E-state index in [1.807, 2.05) is 12.2 Å². The molecule has 0 spiro atoms. The number of ketones is 1. The van der Waals surface area contributed by atoms with E-state index in [4.69, 9.17) is 4.74 Å². The molecule has 2 aromatic rings. The molecule has 302 valence electrons. The lowest BCUT2D eigenvalue weighted by Gasteiger charge is -2.29. The quantitative estimate of drug-likeness (QED) is 0.253. The lowest BCUT2D eigenvalue weighted by molar-refractivity contribution is -0.142. The van der Waals surface area contributed by atoms with Crippen LogP contribution in [0.15, 0.2) is 48.6 Å². The lowest BCUT2D eigenvalue weighted by atomic mass is 9.89. The van der Waals surface area contributed by atoms with Crippen molar-refractivity contribution in [2.45, 2.75) is 114 Å². The summed E-state index contributed by atoms with van der Waals surface area (Å²) in [6.45, 7) is 1.31. The van der Waals surface area contributed by atoms with Crippen LogP contribution in [0.3, 0.4) is 0 Å². The highest BCUT2D eigenvalue weighted by atomic mass is 32.2. The molecule has 16 heteroatoms. The van der Waals surface area contributed by atoms with Crippen LogP contribution in [-0.4, -0.2) is 65.3 Å². The Morgan fingerprint density at radius 1 is 1.04 bits per heavy atom. The molecular formula is C40H44F5N3O7S. The summed E-state index contributed by atoms with van der Waals surface area (Å²) in [6.07, 6.45) is -0.184. The van der Waals surface area contributed by atoms with Gasteiger partial charge in [-0.2, -0.15) is 13.2 Å². The molecule has 2 aliphatic carbocycles. The zero-order valence-electron chi connectivity index (χ0n) is 30.9. The fourth-order valence-electron chi connectivity index (χ4n) is 8.36. The molecular weight excluding hydrogens is 762 g/mol. The topological polar surface area (TPSA) is 130 Å². The van der Waals surface area contributed by atoms with Crippen LogP contribution < -0.4 is 4.72 Å². The average Bonchev–Trinajstić information content (AvgIpc) is 3.92. The number of rotatable bonds is 6. The van der Waals surface area contributed by atoms with Crippen LogP contribution in [0.4, 0.5) is 26.7 Å². The number of allylic oxidation sites excluding steroid dienone is 2. The maximum Gasteiger partial charge on any atom is 0.416 e. The molecule has 3 fully saturated rings. The van der Waals surface area contributed by atoms with Gasteiger partial charge in [0.2, 0.25) is 21.8 Å². The molecule has 0 bridgehead atoms. The number of nitrogens with one attached hydrogen (secondary N) is 1. The summed E-state index contributed by atoms with van der Waals surface area (Å²) >= 11 is 0.